The molecule has 0 saturated carbocycles. The van der Waals surface area contributed by atoms with E-state index in [-0.39, 0.29) is 24.0 Å². The summed E-state index contributed by atoms with van der Waals surface area (Å²) in [5.74, 6) is 1.75. The standard InChI is InChI=1S/C22H30N4O.HI/c1-23-22(24-16-18-8-10-21(27-2)11-9-18)25-20-12-14-26(15-13-20)17-19-6-4-3-5-7-19;/h3-11,20H,12-17H2,1-2H3,(H2,23,24,25);1H. The van der Waals surface area contributed by atoms with Crippen molar-refractivity contribution in [2.75, 3.05) is 27.2 Å². The minimum absolute atomic E-state index is 0. The molecular weight excluding hydrogens is 463 g/mol. The summed E-state index contributed by atoms with van der Waals surface area (Å²) < 4.78 is 5.20. The molecule has 3 rings (SSSR count). The summed E-state index contributed by atoms with van der Waals surface area (Å²) in [5, 5.41) is 6.98. The Bertz CT molecular complexity index is 713. The maximum Gasteiger partial charge on any atom is 0.191 e. The molecule has 0 spiro atoms. The maximum absolute atomic E-state index is 5.20. The second-order valence-corrected chi connectivity index (χ2v) is 6.95. The van der Waals surface area contributed by atoms with Crippen LogP contribution in [0.1, 0.15) is 24.0 Å². The van der Waals surface area contributed by atoms with Gasteiger partial charge in [0.25, 0.3) is 0 Å². The van der Waals surface area contributed by atoms with E-state index < -0.39 is 0 Å². The summed E-state index contributed by atoms with van der Waals surface area (Å²) in [6.45, 7) is 4.01. The zero-order valence-corrected chi connectivity index (χ0v) is 19.1. The summed E-state index contributed by atoms with van der Waals surface area (Å²) in [5.41, 5.74) is 2.59. The Morgan fingerprint density at radius 1 is 1.04 bits per heavy atom. The number of methoxy groups -OCH3 is 1. The third-order valence-electron chi connectivity index (χ3n) is 5.02. The number of guanidine groups is 1. The van der Waals surface area contributed by atoms with Gasteiger partial charge in [-0.1, -0.05) is 42.5 Å². The predicted molar refractivity (Wildman–Crippen MR) is 126 cm³/mol. The molecule has 2 aromatic rings. The van der Waals surface area contributed by atoms with Crippen LogP contribution >= 0.6 is 24.0 Å². The topological polar surface area (TPSA) is 48.9 Å². The minimum Gasteiger partial charge on any atom is -0.497 e. The van der Waals surface area contributed by atoms with E-state index in [4.69, 9.17) is 4.74 Å². The Kier molecular flexibility index (Phi) is 9.57. The van der Waals surface area contributed by atoms with E-state index >= 15 is 0 Å². The smallest absolute Gasteiger partial charge is 0.191 e. The molecule has 2 aromatic carbocycles. The van der Waals surface area contributed by atoms with Gasteiger partial charge in [-0.25, -0.2) is 0 Å². The molecular formula is C22H31IN4O. The highest BCUT2D eigenvalue weighted by Gasteiger charge is 2.19. The van der Waals surface area contributed by atoms with E-state index in [2.05, 4.69) is 63.0 Å². The van der Waals surface area contributed by atoms with Crippen molar-refractivity contribution in [2.24, 2.45) is 4.99 Å². The monoisotopic (exact) mass is 494 g/mol. The fourth-order valence-electron chi connectivity index (χ4n) is 3.39. The van der Waals surface area contributed by atoms with Gasteiger partial charge in [0.05, 0.1) is 7.11 Å². The van der Waals surface area contributed by atoms with E-state index in [1.165, 1.54) is 11.1 Å². The first-order valence-corrected chi connectivity index (χ1v) is 9.63. The molecule has 0 bridgehead atoms. The molecule has 0 unspecified atom stereocenters. The molecule has 1 fully saturated rings. The van der Waals surface area contributed by atoms with Crippen LogP contribution in [0.2, 0.25) is 0 Å². The normalized spacial score (nSPS) is 15.6. The van der Waals surface area contributed by atoms with Gasteiger partial charge in [-0.3, -0.25) is 9.89 Å². The molecule has 1 heterocycles. The largest absolute Gasteiger partial charge is 0.497 e. The van der Waals surface area contributed by atoms with Gasteiger partial charge in [-0.05, 0) is 36.1 Å². The average molecular weight is 494 g/mol. The lowest BCUT2D eigenvalue weighted by molar-refractivity contribution is 0.198. The minimum atomic E-state index is 0. The highest BCUT2D eigenvalue weighted by molar-refractivity contribution is 14.0. The molecule has 2 N–H and O–H groups in total. The van der Waals surface area contributed by atoms with Gasteiger partial charge in [-0.15, -0.1) is 24.0 Å². The van der Waals surface area contributed by atoms with Gasteiger partial charge in [0.1, 0.15) is 5.75 Å². The number of nitrogens with zero attached hydrogens (tertiary/aromatic N) is 2. The first-order valence-electron chi connectivity index (χ1n) is 9.63. The quantitative estimate of drug-likeness (QED) is 0.366. The molecule has 5 nitrogen and oxygen atoms in total. The Balaban J connectivity index is 0.00000280. The van der Waals surface area contributed by atoms with Crippen LogP contribution < -0.4 is 15.4 Å². The second kappa shape index (κ2) is 11.9. The van der Waals surface area contributed by atoms with Crippen LogP contribution in [0.15, 0.2) is 59.6 Å². The maximum atomic E-state index is 5.20. The number of hydrogen-bond donors (Lipinski definition) is 2. The Labute approximate surface area is 185 Å². The van der Waals surface area contributed by atoms with Gasteiger partial charge in [-0.2, -0.15) is 0 Å². The van der Waals surface area contributed by atoms with Crippen LogP contribution in [-0.2, 0) is 13.1 Å². The SMILES string of the molecule is CN=C(NCc1ccc(OC)cc1)NC1CCN(Cc2ccccc2)CC1.I. The van der Waals surface area contributed by atoms with Crippen molar-refractivity contribution >= 4 is 29.9 Å². The molecule has 0 atom stereocenters. The summed E-state index contributed by atoms with van der Waals surface area (Å²) in [6, 6.07) is 19.3. The number of nitrogens with one attached hydrogen (secondary N) is 2. The Morgan fingerprint density at radius 3 is 2.32 bits per heavy atom. The summed E-state index contributed by atoms with van der Waals surface area (Å²) in [6.07, 6.45) is 2.27. The molecule has 0 aromatic heterocycles. The lowest BCUT2D eigenvalue weighted by Gasteiger charge is -2.33. The number of rotatable bonds is 6. The summed E-state index contributed by atoms with van der Waals surface area (Å²) >= 11 is 0. The van der Waals surface area contributed by atoms with E-state index in [1.54, 1.807) is 7.11 Å². The Morgan fingerprint density at radius 2 is 1.71 bits per heavy atom. The van der Waals surface area contributed by atoms with E-state index in [1.807, 2.05) is 19.2 Å². The van der Waals surface area contributed by atoms with Crippen molar-refractivity contribution < 1.29 is 4.74 Å². The number of likely N-dealkylation sites (tertiary alicyclic amines) is 1. The number of hydrogen-bond acceptors (Lipinski definition) is 3. The van der Waals surface area contributed by atoms with E-state index in [0.717, 1.165) is 50.7 Å². The van der Waals surface area contributed by atoms with Crippen LogP contribution in [-0.4, -0.2) is 44.1 Å². The molecule has 0 radical (unpaired) electrons. The van der Waals surface area contributed by atoms with Crippen molar-refractivity contribution in [1.29, 1.82) is 0 Å². The zero-order valence-electron chi connectivity index (χ0n) is 16.7. The van der Waals surface area contributed by atoms with Gasteiger partial charge in [0.15, 0.2) is 5.96 Å². The van der Waals surface area contributed by atoms with E-state index in [0.29, 0.717) is 6.04 Å². The summed E-state index contributed by atoms with van der Waals surface area (Å²) in [4.78, 5) is 6.90. The zero-order chi connectivity index (χ0) is 18.9. The van der Waals surface area contributed by atoms with Crippen LogP contribution in [0.5, 0.6) is 5.75 Å². The fourth-order valence-corrected chi connectivity index (χ4v) is 3.39. The van der Waals surface area contributed by atoms with Crippen molar-refractivity contribution in [1.82, 2.24) is 15.5 Å². The third kappa shape index (κ3) is 6.98. The van der Waals surface area contributed by atoms with Gasteiger partial charge >= 0.3 is 0 Å². The molecule has 6 heteroatoms. The molecule has 1 aliphatic heterocycles. The van der Waals surface area contributed by atoms with Crippen LogP contribution in [0.25, 0.3) is 0 Å². The molecule has 1 saturated heterocycles. The number of piperidine rings is 1. The van der Waals surface area contributed by atoms with Crippen molar-refractivity contribution in [3.8, 4) is 5.75 Å². The van der Waals surface area contributed by atoms with Crippen LogP contribution in [0.4, 0.5) is 0 Å². The van der Waals surface area contributed by atoms with Crippen LogP contribution in [0, 0.1) is 0 Å². The summed E-state index contributed by atoms with van der Waals surface area (Å²) in [7, 11) is 3.51. The lowest BCUT2D eigenvalue weighted by Crippen LogP contribution is -2.48. The number of aliphatic imine (C=N–C) groups is 1. The van der Waals surface area contributed by atoms with Gasteiger partial charge in [0.2, 0.25) is 0 Å². The number of ether oxygens (including phenoxy) is 1. The molecule has 152 valence electrons. The first-order chi connectivity index (χ1) is 13.3. The van der Waals surface area contributed by atoms with E-state index in [9.17, 15) is 0 Å². The fraction of sp³-hybridized carbons (Fsp3) is 0.409. The number of benzene rings is 2. The second-order valence-electron chi connectivity index (χ2n) is 6.95. The highest BCUT2D eigenvalue weighted by atomic mass is 127. The average Bonchev–Trinajstić information content (AvgIpc) is 2.73. The van der Waals surface area contributed by atoms with Crippen LogP contribution in [0.3, 0.4) is 0 Å². The number of halogens is 1. The third-order valence-corrected chi connectivity index (χ3v) is 5.02. The van der Waals surface area contributed by atoms with Gasteiger partial charge in [0, 0.05) is 39.3 Å². The molecule has 1 aliphatic rings. The molecule has 0 amide bonds. The lowest BCUT2D eigenvalue weighted by atomic mass is 10.0. The van der Waals surface area contributed by atoms with Gasteiger partial charge < -0.3 is 15.4 Å². The van der Waals surface area contributed by atoms with Crippen molar-refractivity contribution in [3.05, 3.63) is 65.7 Å². The highest BCUT2D eigenvalue weighted by Crippen LogP contribution is 2.14. The van der Waals surface area contributed by atoms with Crippen molar-refractivity contribution in [2.45, 2.75) is 32.0 Å². The first kappa shape index (κ1) is 22.5. The predicted octanol–water partition coefficient (Wildman–Crippen LogP) is 3.64. The van der Waals surface area contributed by atoms with Crippen molar-refractivity contribution in [3.63, 3.8) is 0 Å². The molecule has 28 heavy (non-hydrogen) atoms. The molecule has 0 aliphatic carbocycles. The Hall–Kier alpha value is -1.80.